The van der Waals surface area contributed by atoms with Crippen LogP contribution in [0.25, 0.3) is 0 Å². The summed E-state index contributed by atoms with van der Waals surface area (Å²) in [5.74, 6) is 0.150. The average molecular weight is 367 g/mol. The highest BCUT2D eigenvalue weighted by Crippen LogP contribution is 2.20. The van der Waals surface area contributed by atoms with E-state index in [1.54, 1.807) is 12.1 Å². The molecule has 27 heavy (non-hydrogen) atoms. The van der Waals surface area contributed by atoms with Crippen LogP contribution in [0.2, 0.25) is 0 Å². The molecule has 7 heteroatoms. The van der Waals surface area contributed by atoms with Gasteiger partial charge in [-0.25, -0.2) is 9.37 Å². The molecule has 0 radical (unpaired) electrons. The number of halogens is 1. The van der Waals surface area contributed by atoms with Crippen LogP contribution in [0.5, 0.6) is 0 Å². The zero-order valence-corrected chi connectivity index (χ0v) is 15.0. The molecule has 0 saturated heterocycles. The number of aryl methyl sites for hydroxylation is 3. The van der Waals surface area contributed by atoms with Crippen LogP contribution in [0.4, 0.5) is 10.3 Å². The van der Waals surface area contributed by atoms with Gasteiger partial charge in [0.2, 0.25) is 5.95 Å². The van der Waals surface area contributed by atoms with Crippen LogP contribution in [-0.4, -0.2) is 19.7 Å². The lowest BCUT2D eigenvalue weighted by Gasteiger charge is -2.14. The summed E-state index contributed by atoms with van der Waals surface area (Å²) in [6, 6.07) is 7.75. The Morgan fingerprint density at radius 2 is 2.00 bits per heavy atom. The van der Waals surface area contributed by atoms with Crippen LogP contribution in [-0.2, 0) is 32.4 Å². The average Bonchev–Trinajstić information content (AvgIpc) is 3.09. The molecule has 1 aromatic carbocycles. The fourth-order valence-corrected chi connectivity index (χ4v) is 3.48. The number of rotatable bonds is 6. The van der Waals surface area contributed by atoms with E-state index in [0.29, 0.717) is 25.5 Å². The smallest absolute Gasteiger partial charge is 0.252 e. The number of hydrogen-bond donors (Lipinski definition) is 2. The zero-order valence-electron chi connectivity index (χ0n) is 15.0. The Labute approximate surface area is 156 Å². The number of H-pyrrole nitrogens is 1. The van der Waals surface area contributed by atoms with Crippen molar-refractivity contribution in [3.05, 3.63) is 75.2 Å². The van der Waals surface area contributed by atoms with Crippen LogP contribution >= 0.6 is 0 Å². The van der Waals surface area contributed by atoms with Crippen molar-refractivity contribution in [1.29, 1.82) is 0 Å². The van der Waals surface area contributed by atoms with Crippen molar-refractivity contribution in [2.75, 3.05) is 5.32 Å². The second kappa shape index (κ2) is 7.73. The molecular formula is C20H22FN5O. The highest BCUT2D eigenvalue weighted by atomic mass is 19.1. The molecule has 2 N–H and O–H groups in total. The minimum atomic E-state index is -0.270. The van der Waals surface area contributed by atoms with Gasteiger partial charge in [0.1, 0.15) is 5.82 Å². The minimum absolute atomic E-state index is 0.191. The van der Waals surface area contributed by atoms with Gasteiger partial charge in [-0.2, -0.15) is 5.10 Å². The summed E-state index contributed by atoms with van der Waals surface area (Å²) >= 11 is 0. The van der Waals surface area contributed by atoms with E-state index in [-0.39, 0.29) is 11.4 Å². The molecule has 0 bridgehead atoms. The highest BCUT2D eigenvalue weighted by molar-refractivity contribution is 5.28. The van der Waals surface area contributed by atoms with Crippen LogP contribution in [0.15, 0.2) is 41.3 Å². The summed E-state index contributed by atoms with van der Waals surface area (Å²) in [6.07, 6.45) is 7.23. The first-order chi connectivity index (χ1) is 13.2. The predicted molar refractivity (Wildman–Crippen MR) is 101 cm³/mol. The molecule has 3 aromatic rings. The first-order valence-electron chi connectivity index (χ1n) is 9.29. The van der Waals surface area contributed by atoms with Crippen molar-refractivity contribution < 1.29 is 4.39 Å². The number of fused-ring (bicyclic) bond motifs is 1. The topological polar surface area (TPSA) is 75.6 Å². The van der Waals surface area contributed by atoms with E-state index >= 15 is 0 Å². The van der Waals surface area contributed by atoms with Crippen LogP contribution in [0, 0.1) is 5.82 Å². The second-order valence-corrected chi connectivity index (χ2v) is 6.86. The van der Waals surface area contributed by atoms with E-state index in [1.165, 1.54) is 42.3 Å². The lowest BCUT2D eigenvalue weighted by Crippen LogP contribution is -2.16. The fraction of sp³-hybridized carbons (Fsp3) is 0.350. The zero-order chi connectivity index (χ0) is 18.6. The maximum atomic E-state index is 13.0. The van der Waals surface area contributed by atoms with E-state index in [0.717, 1.165) is 24.1 Å². The Morgan fingerprint density at radius 1 is 1.19 bits per heavy atom. The van der Waals surface area contributed by atoms with Gasteiger partial charge in [0.15, 0.2) is 0 Å². The van der Waals surface area contributed by atoms with Gasteiger partial charge in [-0.15, -0.1) is 0 Å². The third-order valence-corrected chi connectivity index (χ3v) is 4.89. The Kier molecular flexibility index (Phi) is 5.00. The SMILES string of the molecule is O=c1cc(CCn2ncc3c2CCCC3)nc(NCc2ccc(F)cc2)[nH]1. The summed E-state index contributed by atoms with van der Waals surface area (Å²) in [4.78, 5) is 19.1. The number of anilines is 1. The lowest BCUT2D eigenvalue weighted by molar-refractivity contribution is 0.553. The number of aromatic amines is 1. The minimum Gasteiger partial charge on any atom is -0.352 e. The van der Waals surface area contributed by atoms with Gasteiger partial charge in [0, 0.05) is 31.3 Å². The molecule has 1 aliphatic carbocycles. The Hall–Kier alpha value is -2.96. The maximum absolute atomic E-state index is 13.0. The van der Waals surface area contributed by atoms with Crippen molar-refractivity contribution in [2.24, 2.45) is 0 Å². The third kappa shape index (κ3) is 4.24. The lowest BCUT2D eigenvalue weighted by atomic mass is 9.98. The van der Waals surface area contributed by atoms with Crippen molar-refractivity contribution in [2.45, 2.75) is 45.2 Å². The normalized spacial score (nSPS) is 13.4. The summed E-state index contributed by atoms with van der Waals surface area (Å²) in [6.45, 7) is 1.17. The first-order valence-corrected chi connectivity index (χ1v) is 9.29. The van der Waals surface area contributed by atoms with E-state index in [4.69, 9.17) is 0 Å². The molecule has 0 atom stereocenters. The molecule has 140 valence electrons. The van der Waals surface area contributed by atoms with Crippen molar-refractivity contribution in [3.8, 4) is 0 Å². The second-order valence-electron chi connectivity index (χ2n) is 6.86. The molecular weight excluding hydrogens is 345 g/mol. The number of nitrogens with zero attached hydrogens (tertiary/aromatic N) is 3. The first kappa shape index (κ1) is 17.5. The quantitative estimate of drug-likeness (QED) is 0.702. The molecule has 2 aromatic heterocycles. The number of benzene rings is 1. The third-order valence-electron chi connectivity index (χ3n) is 4.89. The van der Waals surface area contributed by atoms with Gasteiger partial charge < -0.3 is 5.32 Å². The van der Waals surface area contributed by atoms with E-state index in [1.807, 2.05) is 10.9 Å². The van der Waals surface area contributed by atoms with Crippen molar-refractivity contribution in [3.63, 3.8) is 0 Å². The molecule has 0 unspecified atom stereocenters. The summed E-state index contributed by atoms with van der Waals surface area (Å²) in [7, 11) is 0. The van der Waals surface area contributed by atoms with Gasteiger partial charge in [0.25, 0.3) is 5.56 Å². The monoisotopic (exact) mass is 367 g/mol. The Bertz CT molecular complexity index is 977. The van der Waals surface area contributed by atoms with Crippen molar-refractivity contribution in [1.82, 2.24) is 19.7 Å². The molecule has 0 aliphatic heterocycles. The van der Waals surface area contributed by atoms with Gasteiger partial charge in [-0.3, -0.25) is 14.5 Å². The van der Waals surface area contributed by atoms with Crippen LogP contribution in [0.3, 0.4) is 0 Å². The summed E-state index contributed by atoms with van der Waals surface area (Å²) in [5.41, 5.74) is 4.11. The number of hydrogen-bond acceptors (Lipinski definition) is 4. The molecule has 0 spiro atoms. The van der Waals surface area contributed by atoms with Gasteiger partial charge in [-0.1, -0.05) is 12.1 Å². The predicted octanol–water partition coefficient (Wildman–Crippen LogP) is 2.84. The number of nitrogens with one attached hydrogen (secondary N) is 2. The van der Waals surface area contributed by atoms with Gasteiger partial charge >= 0.3 is 0 Å². The fourth-order valence-electron chi connectivity index (χ4n) is 3.48. The Balaban J connectivity index is 1.42. The Morgan fingerprint density at radius 3 is 2.85 bits per heavy atom. The molecule has 0 fully saturated rings. The standard InChI is InChI=1S/C20H22FN5O/c21-16-7-5-14(6-8-16)12-22-20-24-17(11-19(27)25-20)9-10-26-18-4-2-1-3-15(18)13-23-26/h5-8,11,13H,1-4,9-10,12H2,(H2,22,24,25,27). The molecule has 4 rings (SSSR count). The van der Waals surface area contributed by atoms with Crippen LogP contribution < -0.4 is 10.9 Å². The van der Waals surface area contributed by atoms with Crippen molar-refractivity contribution >= 4 is 5.95 Å². The maximum Gasteiger partial charge on any atom is 0.252 e. The molecule has 0 amide bonds. The molecule has 6 nitrogen and oxygen atoms in total. The molecule has 0 saturated carbocycles. The van der Waals surface area contributed by atoms with E-state index in [9.17, 15) is 9.18 Å². The number of aromatic nitrogens is 4. The highest BCUT2D eigenvalue weighted by Gasteiger charge is 2.15. The molecule has 1 aliphatic rings. The summed E-state index contributed by atoms with van der Waals surface area (Å²) < 4.78 is 15.0. The molecule has 2 heterocycles. The largest absolute Gasteiger partial charge is 0.352 e. The van der Waals surface area contributed by atoms with Gasteiger partial charge in [-0.05, 0) is 48.9 Å². The summed E-state index contributed by atoms with van der Waals surface area (Å²) in [5, 5.41) is 7.59. The van der Waals surface area contributed by atoms with Crippen LogP contribution in [0.1, 0.15) is 35.4 Å². The van der Waals surface area contributed by atoms with E-state index in [2.05, 4.69) is 20.4 Å². The van der Waals surface area contributed by atoms with E-state index < -0.39 is 0 Å². The van der Waals surface area contributed by atoms with Gasteiger partial charge in [0.05, 0.1) is 11.9 Å².